The van der Waals surface area contributed by atoms with Crippen LogP contribution < -0.4 is 0 Å². The zero-order valence-electron chi connectivity index (χ0n) is 7.56. The lowest BCUT2D eigenvalue weighted by atomic mass is 10.3. The monoisotopic (exact) mass is 201 g/mol. The van der Waals surface area contributed by atoms with Gasteiger partial charge < -0.3 is 4.85 Å². The molecule has 0 aromatic carbocycles. The van der Waals surface area contributed by atoms with E-state index in [1.807, 2.05) is 18.4 Å². The maximum Gasteiger partial charge on any atom is 0.269 e. The molecule has 0 aliphatic heterocycles. The first-order valence-electron chi connectivity index (χ1n) is 4.05. The Morgan fingerprint density at radius 1 is 1.43 bits per heavy atom. The Morgan fingerprint density at radius 3 is 2.79 bits per heavy atom. The van der Waals surface area contributed by atoms with Gasteiger partial charge in [-0.15, -0.1) is 16.3 Å². The van der Waals surface area contributed by atoms with Gasteiger partial charge in [0.2, 0.25) is 0 Å². The molecule has 0 N–H and O–H groups in total. The van der Waals surface area contributed by atoms with Crippen LogP contribution in [0.5, 0.6) is 0 Å². The van der Waals surface area contributed by atoms with Crippen molar-refractivity contribution in [2.24, 2.45) is 0 Å². The number of nitrogens with zero attached hydrogens (tertiary/aromatic N) is 3. The summed E-state index contributed by atoms with van der Waals surface area (Å²) in [7, 11) is 0. The van der Waals surface area contributed by atoms with Crippen molar-refractivity contribution in [3.63, 3.8) is 0 Å². The molecule has 2 heterocycles. The van der Waals surface area contributed by atoms with Gasteiger partial charge >= 0.3 is 0 Å². The third-order valence-electron chi connectivity index (χ3n) is 1.73. The lowest BCUT2D eigenvalue weighted by molar-refractivity contribution is 1.26. The third-order valence-corrected chi connectivity index (χ3v) is 2.74. The van der Waals surface area contributed by atoms with E-state index in [-0.39, 0.29) is 0 Å². The van der Waals surface area contributed by atoms with Crippen molar-refractivity contribution in [3.05, 3.63) is 40.8 Å². The van der Waals surface area contributed by atoms with E-state index in [0.29, 0.717) is 5.82 Å². The SMILES string of the molecule is [C-]#[N+]c1ccc(-c2nc(C)cs2)cn1. The van der Waals surface area contributed by atoms with Crippen LogP contribution in [0.4, 0.5) is 5.82 Å². The van der Waals surface area contributed by atoms with Gasteiger partial charge in [0.15, 0.2) is 0 Å². The zero-order valence-corrected chi connectivity index (χ0v) is 8.38. The van der Waals surface area contributed by atoms with Crippen LogP contribution in [0.1, 0.15) is 5.69 Å². The van der Waals surface area contributed by atoms with E-state index in [1.165, 1.54) is 0 Å². The van der Waals surface area contributed by atoms with Crippen LogP contribution in [-0.2, 0) is 0 Å². The maximum absolute atomic E-state index is 6.77. The molecule has 0 spiro atoms. The number of hydrogen-bond acceptors (Lipinski definition) is 3. The van der Waals surface area contributed by atoms with E-state index in [2.05, 4.69) is 14.8 Å². The van der Waals surface area contributed by atoms with Crippen LogP contribution in [-0.4, -0.2) is 9.97 Å². The minimum absolute atomic E-state index is 0.419. The Kier molecular flexibility index (Phi) is 2.25. The Labute approximate surface area is 85.9 Å². The molecule has 0 unspecified atom stereocenters. The molecule has 0 aliphatic rings. The van der Waals surface area contributed by atoms with E-state index >= 15 is 0 Å². The maximum atomic E-state index is 6.77. The molecule has 4 heteroatoms. The van der Waals surface area contributed by atoms with Crippen molar-refractivity contribution in [2.75, 3.05) is 0 Å². The van der Waals surface area contributed by atoms with Gasteiger partial charge in [0.1, 0.15) is 11.2 Å². The summed E-state index contributed by atoms with van der Waals surface area (Å²) in [6.07, 6.45) is 1.69. The molecule has 0 saturated carbocycles. The fraction of sp³-hybridized carbons (Fsp3) is 0.100. The van der Waals surface area contributed by atoms with E-state index in [0.717, 1.165) is 16.3 Å². The van der Waals surface area contributed by atoms with Crippen LogP contribution in [0, 0.1) is 13.5 Å². The Bertz CT molecular complexity index is 479. The predicted molar refractivity (Wildman–Crippen MR) is 56.3 cm³/mol. The van der Waals surface area contributed by atoms with Gasteiger partial charge in [-0.3, -0.25) is 0 Å². The van der Waals surface area contributed by atoms with Gasteiger partial charge in [0, 0.05) is 11.1 Å². The summed E-state index contributed by atoms with van der Waals surface area (Å²) in [6, 6.07) is 3.58. The number of thiazole rings is 1. The summed E-state index contributed by atoms with van der Waals surface area (Å²) in [5, 5.41) is 2.95. The van der Waals surface area contributed by atoms with Crippen LogP contribution in [0.15, 0.2) is 23.7 Å². The Hall–Kier alpha value is -1.73. The lowest BCUT2D eigenvalue weighted by Gasteiger charge is -1.92. The summed E-state index contributed by atoms with van der Waals surface area (Å²) >= 11 is 1.59. The van der Waals surface area contributed by atoms with Gasteiger partial charge in [-0.2, -0.15) is 0 Å². The molecule has 0 atom stereocenters. The quantitative estimate of drug-likeness (QED) is 0.664. The standard InChI is InChI=1S/C10H7N3S/c1-7-6-14-10(13-7)8-3-4-9(11-2)12-5-8/h3-6H,1H3. The number of rotatable bonds is 1. The lowest BCUT2D eigenvalue weighted by Crippen LogP contribution is -1.78. The molecule has 0 radical (unpaired) electrons. The molecule has 3 nitrogen and oxygen atoms in total. The highest BCUT2D eigenvalue weighted by Crippen LogP contribution is 2.23. The smallest absolute Gasteiger partial charge is 0.269 e. The molecule has 14 heavy (non-hydrogen) atoms. The average Bonchev–Trinajstić information content (AvgIpc) is 2.65. The molecule has 0 saturated heterocycles. The second-order valence-electron chi connectivity index (χ2n) is 2.81. The third kappa shape index (κ3) is 1.63. The van der Waals surface area contributed by atoms with Gasteiger partial charge in [0.25, 0.3) is 5.82 Å². The molecular formula is C10H7N3S. The van der Waals surface area contributed by atoms with Crippen molar-refractivity contribution in [2.45, 2.75) is 6.92 Å². The predicted octanol–water partition coefficient (Wildman–Crippen LogP) is 3.06. The van der Waals surface area contributed by atoms with Gasteiger partial charge in [-0.05, 0) is 13.0 Å². The minimum Gasteiger partial charge on any atom is -0.361 e. The summed E-state index contributed by atoms with van der Waals surface area (Å²) in [4.78, 5) is 11.6. The Balaban J connectivity index is 2.39. The molecular weight excluding hydrogens is 194 g/mol. The molecule has 2 aromatic heterocycles. The number of aryl methyl sites for hydroxylation is 1. The summed E-state index contributed by atoms with van der Waals surface area (Å²) in [5.74, 6) is 0.419. The normalized spacial score (nSPS) is 9.71. The molecule has 0 bridgehead atoms. The van der Waals surface area contributed by atoms with Crippen molar-refractivity contribution >= 4 is 17.2 Å². The summed E-state index contributed by atoms with van der Waals surface area (Å²) < 4.78 is 0. The molecule has 0 amide bonds. The molecule has 0 fully saturated rings. The molecule has 68 valence electrons. The number of aromatic nitrogens is 2. The average molecular weight is 201 g/mol. The van der Waals surface area contributed by atoms with Crippen LogP contribution >= 0.6 is 11.3 Å². The first kappa shape index (κ1) is 8.85. The van der Waals surface area contributed by atoms with E-state index in [1.54, 1.807) is 23.6 Å². The molecule has 2 aromatic rings. The summed E-state index contributed by atoms with van der Waals surface area (Å²) in [5.41, 5.74) is 1.98. The van der Waals surface area contributed by atoms with Crippen LogP contribution in [0.25, 0.3) is 15.4 Å². The van der Waals surface area contributed by atoms with Gasteiger partial charge in [0.05, 0.1) is 5.56 Å². The second-order valence-corrected chi connectivity index (χ2v) is 3.67. The molecule has 0 aliphatic carbocycles. The van der Waals surface area contributed by atoms with Crippen molar-refractivity contribution in [1.29, 1.82) is 0 Å². The fourth-order valence-electron chi connectivity index (χ4n) is 1.07. The largest absolute Gasteiger partial charge is 0.361 e. The highest BCUT2D eigenvalue weighted by atomic mass is 32.1. The molecule has 2 rings (SSSR count). The van der Waals surface area contributed by atoms with Crippen molar-refractivity contribution in [3.8, 4) is 10.6 Å². The minimum atomic E-state index is 0.419. The van der Waals surface area contributed by atoms with Gasteiger partial charge in [-0.25, -0.2) is 4.98 Å². The van der Waals surface area contributed by atoms with Crippen LogP contribution in [0.2, 0.25) is 0 Å². The topological polar surface area (TPSA) is 30.1 Å². The van der Waals surface area contributed by atoms with Gasteiger partial charge in [-0.1, -0.05) is 12.6 Å². The van der Waals surface area contributed by atoms with Crippen molar-refractivity contribution in [1.82, 2.24) is 9.97 Å². The zero-order chi connectivity index (χ0) is 9.97. The Morgan fingerprint density at radius 2 is 2.29 bits per heavy atom. The fourth-order valence-corrected chi connectivity index (χ4v) is 1.85. The number of hydrogen-bond donors (Lipinski definition) is 0. The van der Waals surface area contributed by atoms with Crippen LogP contribution in [0.3, 0.4) is 0 Å². The van der Waals surface area contributed by atoms with E-state index < -0.39 is 0 Å². The first-order chi connectivity index (χ1) is 6.79. The van der Waals surface area contributed by atoms with E-state index in [9.17, 15) is 0 Å². The summed E-state index contributed by atoms with van der Waals surface area (Å²) in [6.45, 7) is 8.73. The number of pyridine rings is 1. The van der Waals surface area contributed by atoms with Crippen molar-refractivity contribution < 1.29 is 0 Å². The highest BCUT2D eigenvalue weighted by molar-refractivity contribution is 7.13. The first-order valence-corrected chi connectivity index (χ1v) is 4.93. The highest BCUT2D eigenvalue weighted by Gasteiger charge is 2.03. The van der Waals surface area contributed by atoms with E-state index in [4.69, 9.17) is 6.57 Å². The second kappa shape index (κ2) is 3.56.